The van der Waals surface area contributed by atoms with E-state index in [2.05, 4.69) is 6.92 Å². The number of aliphatic carboxylic acids is 1. The lowest BCUT2D eigenvalue weighted by atomic mass is 9.72. The van der Waals surface area contributed by atoms with Crippen molar-refractivity contribution in [2.24, 2.45) is 17.3 Å². The Morgan fingerprint density at radius 2 is 1.81 bits per heavy atom. The van der Waals surface area contributed by atoms with Crippen LogP contribution in [0.1, 0.15) is 90.4 Å². The van der Waals surface area contributed by atoms with Crippen molar-refractivity contribution in [2.45, 2.75) is 96.8 Å². The zero-order chi connectivity index (χ0) is 19.7. The van der Waals surface area contributed by atoms with Crippen molar-refractivity contribution in [3.63, 3.8) is 0 Å². The number of rotatable bonds is 11. The van der Waals surface area contributed by atoms with Crippen molar-refractivity contribution in [1.29, 1.82) is 0 Å². The van der Waals surface area contributed by atoms with E-state index in [1.54, 1.807) is 0 Å². The van der Waals surface area contributed by atoms with Crippen LogP contribution in [0.3, 0.4) is 0 Å². The van der Waals surface area contributed by atoms with E-state index < -0.39 is 24.2 Å². The molecule has 27 heavy (non-hydrogen) atoms. The van der Waals surface area contributed by atoms with Gasteiger partial charge >= 0.3 is 5.97 Å². The lowest BCUT2D eigenvalue weighted by Crippen LogP contribution is -2.32. The number of carboxylic acids is 1. The summed E-state index contributed by atoms with van der Waals surface area (Å²) in [5.41, 5.74) is -0.258. The summed E-state index contributed by atoms with van der Waals surface area (Å²) in [4.78, 5) is 11.5. The number of carboxylic acid groups (broad SMARTS) is 1. The van der Waals surface area contributed by atoms with Gasteiger partial charge in [0.2, 0.25) is 6.43 Å². The molecular formula is C23H36F2O2. The van der Waals surface area contributed by atoms with Crippen LogP contribution in [0.5, 0.6) is 0 Å². The van der Waals surface area contributed by atoms with E-state index >= 15 is 0 Å². The van der Waals surface area contributed by atoms with E-state index in [4.69, 9.17) is 0 Å². The molecule has 0 amide bonds. The van der Waals surface area contributed by atoms with E-state index in [1.165, 1.54) is 69.4 Å². The smallest absolute Gasteiger partial charge is 0.314 e. The minimum Gasteiger partial charge on any atom is -0.481 e. The monoisotopic (exact) mass is 382 g/mol. The second-order valence-electron chi connectivity index (χ2n) is 8.57. The maximum Gasteiger partial charge on any atom is 0.314 e. The lowest BCUT2D eigenvalue weighted by Gasteiger charge is -2.33. The number of halogens is 2. The van der Waals surface area contributed by atoms with Gasteiger partial charge in [-0.2, -0.15) is 0 Å². The number of carbonyl (C=O) groups is 1. The number of alkyl halides is 2. The Bertz CT molecular complexity index is 518. The third-order valence-electron chi connectivity index (χ3n) is 6.53. The Labute approximate surface area is 163 Å². The molecule has 2 rings (SSSR count). The quantitative estimate of drug-likeness (QED) is 0.385. The van der Waals surface area contributed by atoms with Crippen LogP contribution in [-0.4, -0.2) is 17.5 Å². The molecule has 2 nitrogen and oxygen atoms in total. The number of unbranched alkanes of at least 4 members (excludes halogenated alkanes) is 5. The van der Waals surface area contributed by atoms with E-state index in [1.807, 2.05) is 12.2 Å². The summed E-state index contributed by atoms with van der Waals surface area (Å²) in [5, 5.41) is 9.41. The summed E-state index contributed by atoms with van der Waals surface area (Å²) in [6, 6.07) is 0. The summed E-state index contributed by atoms with van der Waals surface area (Å²) < 4.78 is 25.6. The van der Waals surface area contributed by atoms with Gasteiger partial charge in [0.05, 0.1) is 5.41 Å². The van der Waals surface area contributed by atoms with Crippen LogP contribution in [-0.2, 0) is 4.79 Å². The fraction of sp³-hybridized carbons (Fsp3) is 0.783. The number of hydrogen-bond acceptors (Lipinski definition) is 1. The highest BCUT2D eigenvalue weighted by Gasteiger charge is 2.40. The van der Waals surface area contributed by atoms with Crippen molar-refractivity contribution >= 4 is 5.97 Å². The third kappa shape index (κ3) is 6.73. The first-order valence-electron chi connectivity index (χ1n) is 10.9. The van der Waals surface area contributed by atoms with Gasteiger partial charge in [-0.1, -0.05) is 70.1 Å². The molecule has 1 N–H and O–H groups in total. The summed E-state index contributed by atoms with van der Waals surface area (Å²) in [7, 11) is 0. The van der Waals surface area contributed by atoms with Gasteiger partial charge < -0.3 is 5.11 Å². The molecule has 154 valence electrons. The molecule has 0 aromatic carbocycles. The van der Waals surface area contributed by atoms with Gasteiger partial charge in [-0.05, 0) is 49.5 Å². The van der Waals surface area contributed by atoms with Gasteiger partial charge in [0.15, 0.2) is 0 Å². The van der Waals surface area contributed by atoms with Crippen molar-refractivity contribution in [3.05, 3.63) is 23.8 Å². The average molecular weight is 383 g/mol. The second-order valence-corrected chi connectivity index (χ2v) is 8.57. The molecule has 1 fully saturated rings. The van der Waals surface area contributed by atoms with Crippen molar-refractivity contribution in [2.75, 3.05) is 0 Å². The average Bonchev–Trinajstić information content (AvgIpc) is 2.65. The van der Waals surface area contributed by atoms with Crippen molar-refractivity contribution in [3.8, 4) is 0 Å². The first kappa shape index (κ1) is 22.1. The molecule has 0 aliphatic heterocycles. The first-order chi connectivity index (χ1) is 13.0. The predicted octanol–water partition coefficient (Wildman–Crippen LogP) is 7.16. The van der Waals surface area contributed by atoms with Crippen LogP contribution in [0, 0.1) is 17.3 Å². The molecular weight excluding hydrogens is 346 g/mol. The van der Waals surface area contributed by atoms with E-state index in [0.717, 1.165) is 18.8 Å². The Morgan fingerprint density at radius 1 is 1.15 bits per heavy atom. The molecule has 0 heterocycles. The topological polar surface area (TPSA) is 37.3 Å². The molecule has 0 bridgehead atoms. The Hall–Kier alpha value is -1.19. The highest BCUT2D eigenvalue weighted by molar-refractivity contribution is 5.78. The Kier molecular flexibility index (Phi) is 8.98. The summed E-state index contributed by atoms with van der Waals surface area (Å²) in [5.74, 6) is 0.162. The standard InChI is InChI=1S/C23H36F2O2/c1-2-3-4-5-6-7-8-18-9-11-19(12-10-18)20-13-15-23(16-14-20,22(26)27)17-21(24)25/h13-15,18-19,21H,2-12,16-17H2,1H3,(H,26,27)/t18-,19-,23?. The van der Waals surface area contributed by atoms with Crippen LogP contribution in [0.4, 0.5) is 8.78 Å². The summed E-state index contributed by atoms with van der Waals surface area (Å²) in [6.07, 6.45) is 16.4. The predicted molar refractivity (Wildman–Crippen MR) is 106 cm³/mol. The molecule has 2 aliphatic rings. The molecule has 0 saturated heterocycles. The lowest BCUT2D eigenvalue weighted by molar-refractivity contribution is -0.148. The van der Waals surface area contributed by atoms with Crippen LogP contribution >= 0.6 is 0 Å². The molecule has 1 atom stereocenters. The molecule has 0 spiro atoms. The molecule has 2 aliphatic carbocycles. The second kappa shape index (κ2) is 11.0. The van der Waals surface area contributed by atoms with Gasteiger partial charge in [0.1, 0.15) is 0 Å². The molecule has 4 heteroatoms. The third-order valence-corrected chi connectivity index (χ3v) is 6.53. The van der Waals surface area contributed by atoms with Crippen LogP contribution < -0.4 is 0 Å². The highest BCUT2D eigenvalue weighted by Crippen LogP contribution is 2.41. The number of hydrogen-bond donors (Lipinski definition) is 1. The Balaban J connectivity index is 1.74. The highest BCUT2D eigenvalue weighted by atomic mass is 19.3. The van der Waals surface area contributed by atoms with Crippen molar-refractivity contribution < 1.29 is 18.7 Å². The first-order valence-corrected chi connectivity index (χ1v) is 10.9. The zero-order valence-corrected chi connectivity index (χ0v) is 16.8. The molecule has 0 radical (unpaired) electrons. The van der Waals surface area contributed by atoms with Crippen LogP contribution in [0.25, 0.3) is 0 Å². The normalized spacial score (nSPS) is 28.4. The largest absolute Gasteiger partial charge is 0.481 e. The minimum atomic E-state index is -2.60. The van der Waals surface area contributed by atoms with E-state index in [0.29, 0.717) is 5.92 Å². The minimum absolute atomic E-state index is 0.191. The zero-order valence-electron chi connectivity index (χ0n) is 16.8. The van der Waals surface area contributed by atoms with E-state index in [-0.39, 0.29) is 6.42 Å². The SMILES string of the molecule is CCCCCCCC[C@H]1CC[C@H](C2=CCC(CC(F)F)(C(=O)O)C=C2)CC1. The van der Waals surface area contributed by atoms with Gasteiger partial charge in [0, 0.05) is 6.42 Å². The number of allylic oxidation sites excluding steroid dienone is 3. The molecule has 0 aromatic heterocycles. The molecule has 1 unspecified atom stereocenters. The fourth-order valence-corrected chi connectivity index (χ4v) is 4.66. The Morgan fingerprint density at radius 3 is 2.37 bits per heavy atom. The fourth-order valence-electron chi connectivity index (χ4n) is 4.66. The van der Waals surface area contributed by atoms with Crippen LogP contribution in [0.2, 0.25) is 0 Å². The van der Waals surface area contributed by atoms with Gasteiger partial charge in [-0.25, -0.2) is 8.78 Å². The summed E-state index contributed by atoms with van der Waals surface area (Å²) >= 11 is 0. The molecule has 0 aromatic rings. The van der Waals surface area contributed by atoms with Gasteiger partial charge in [-0.3, -0.25) is 4.79 Å². The van der Waals surface area contributed by atoms with Gasteiger partial charge in [0.25, 0.3) is 0 Å². The maximum atomic E-state index is 12.8. The van der Waals surface area contributed by atoms with Gasteiger partial charge in [-0.15, -0.1) is 0 Å². The van der Waals surface area contributed by atoms with Crippen molar-refractivity contribution in [1.82, 2.24) is 0 Å². The summed E-state index contributed by atoms with van der Waals surface area (Å²) in [6.45, 7) is 2.25. The van der Waals surface area contributed by atoms with E-state index in [9.17, 15) is 18.7 Å². The molecule has 1 saturated carbocycles. The maximum absolute atomic E-state index is 12.8. The van der Waals surface area contributed by atoms with Crippen LogP contribution in [0.15, 0.2) is 23.8 Å².